The van der Waals surface area contributed by atoms with E-state index in [1.165, 1.54) is 28.4 Å². The van der Waals surface area contributed by atoms with Crippen molar-refractivity contribution in [2.45, 2.75) is 0 Å². The molecule has 13 heteroatoms. The van der Waals surface area contributed by atoms with E-state index in [0.717, 1.165) is 88.7 Å². The zero-order valence-electron chi connectivity index (χ0n) is 33.3. The Hall–Kier alpha value is -7.63. The van der Waals surface area contributed by atoms with Crippen LogP contribution in [0.5, 0.6) is 46.0 Å². The van der Waals surface area contributed by atoms with Crippen LogP contribution in [0.2, 0.25) is 0 Å². The molecule has 61 heavy (non-hydrogen) atoms. The first-order valence-electron chi connectivity index (χ1n) is 18.9. The molecule has 9 rings (SSSR count). The van der Waals surface area contributed by atoms with Gasteiger partial charge in [0.2, 0.25) is 0 Å². The first kappa shape index (κ1) is 40.2. The van der Waals surface area contributed by atoms with Gasteiger partial charge in [0.25, 0.3) is 0 Å². The van der Waals surface area contributed by atoms with Gasteiger partial charge in [0.05, 0.1) is 28.4 Å². The fourth-order valence-electron chi connectivity index (χ4n) is 7.90. The van der Waals surface area contributed by atoms with Gasteiger partial charge in [-0.15, -0.1) is 0 Å². The topological polar surface area (TPSA) is 181 Å². The number of benzene rings is 4. The van der Waals surface area contributed by atoms with Gasteiger partial charge in [0, 0.05) is 83.0 Å². The number of H-pyrrole nitrogens is 4. The van der Waals surface area contributed by atoms with Gasteiger partial charge in [0.1, 0.15) is 0 Å². The molecule has 4 aromatic heterocycles. The summed E-state index contributed by atoms with van der Waals surface area (Å²) in [6, 6.07) is 36.9. The maximum atomic E-state index is 10.6. The minimum Gasteiger partial charge on any atom is -0.504 e. The number of ether oxygens (including phenoxy) is 4. The zero-order chi connectivity index (χ0) is 41.7. The molecular formula is C48H40N4NiO8. The molecule has 0 atom stereocenters. The van der Waals surface area contributed by atoms with Crippen molar-refractivity contribution in [2.75, 3.05) is 28.4 Å². The Balaban J connectivity index is 0.00000514. The summed E-state index contributed by atoms with van der Waals surface area (Å²) < 4.78 is 22.2. The fourth-order valence-corrected chi connectivity index (χ4v) is 7.90. The minimum atomic E-state index is 0. The Labute approximate surface area is 359 Å². The molecule has 0 unspecified atom stereocenters. The van der Waals surface area contributed by atoms with Crippen molar-refractivity contribution >= 4 is 22.3 Å². The van der Waals surface area contributed by atoms with Crippen molar-refractivity contribution in [3.8, 4) is 46.0 Å². The Morgan fingerprint density at radius 1 is 0.311 bits per heavy atom. The standard InChI is InChI=1S/C48H40N4O8.Ni/c1-57-41-21-25(5-17-37(41)53)45-29-9-11-31(49-29)46(26-6-18-38(54)42(22-26)58-2)33-13-15-35(51-33)48(28-8-20-40(56)44(24-28)60-4)36-16-14-34(52-36)47(32-12-10-30(45)50-32)27-7-19-39(55)43(23-27)59-3;/h5-24,49-56H,1-4H3;. The third-order valence-electron chi connectivity index (χ3n) is 10.8. The van der Waals surface area contributed by atoms with E-state index in [1.54, 1.807) is 48.5 Å². The molecular weight excluding hydrogens is 819 g/mol. The maximum absolute atomic E-state index is 10.6. The van der Waals surface area contributed by atoms with Crippen molar-refractivity contribution in [1.29, 1.82) is 0 Å². The summed E-state index contributed by atoms with van der Waals surface area (Å²) in [6.45, 7) is 0. The molecule has 0 saturated carbocycles. The van der Waals surface area contributed by atoms with Crippen molar-refractivity contribution in [3.05, 3.63) is 188 Å². The molecule has 0 amide bonds. The van der Waals surface area contributed by atoms with E-state index in [-0.39, 0.29) is 39.5 Å². The van der Waals surface area contributed by atoms with Gasteiger partial charge in [-0.1, -0.05) is 24.3 Å². The van der Waals surface area contributed by atoms with Crippen molar-refractivity contribution < 1.29 is 55.9 Å². The van der Waals surface area contributed by atoms with Crippen molar-refractivity contribution in [1.82, 2.24) is 19.9 Å². The largest absolute Gasteiger partial charge is 0.504 e. The second-order valence-electron chi connectivity index (χ2n) is 14.2. The van der Waals surface area contributed by atoms with Crippen LogP contribution in [0, 0.1) is 0 Å². The van der Waals surface area contributed by atoms with Crippen LogP contribution in [0.3, 0.4) is 0 Å². The summed E-state index contributed by atoms with van der Waals surface area (Å²) in [6.07, 6.45) is 0. The average Bonchev–Trinajstić information content (AvgIpc) is 4.11. The SMILES string of the molecule is COc1cc(C2=c3ccc([nH]3)=C(c3ccc(O)c(OC)c3)c3ccc([nH]3)C(c3ccc(O)c(OC)c3)=c3ccc([nH]3)=C(c3ccc(O)c(OC)c3)c3ccc2[nH]3)ccc1O.[Ni]. The number of phenols is 4. The molecule has 0 fully saturated rings. The molecule has 0 spiro atoms. The average molecular weight is 860 g/mol. The van der Waals surface area contributed by atoms with Crippen molar-refractivity contribution in [2.24, 2.45) is 0 Å². The van der Waals surface area contributed by atoms with Crippen molar-refractivity contribution in [3.63, 3.8) is 0 Å². The van der Waals surface area contributed by atoms with Gasteiger partial charge in [0.15, 0.2) is 46.0 Å². The molecule has 1 aliphatic rings. The number of aromatic nitrogens is 4. The summed E-state index contributed by atoms with van der Waals surface area (Å²) in [5.41, 5.74) is 9.25. The Kier molecular flexibility index (Phi) is 10.7. The van der Waals surface area contributed by atoms with Crippen LogP contribution < -0.4 is 40.3 Å². The molecule has 0 radical (unpaired) electrons. The Bertz CT molecular complexity index is 2810. The van der Waals surface area contributed by atoms with E-state index < -0.39 is 0 Å². The molecule has 8 N–H and O–H groups in total. The molecule has 5 heterocycles. The van der Waals surface area contributed by atoms with Crippen LogP contribution in [0.4, 0.5) is 0 Å². The van der Waals surface area contributed by atoms with Gasteiger partial charge in [-0.2, -0.15) is 0 Å². The first-order valence-corrected chi connectivity index (χ1v) is 18.9. The van der Waals surface area contributed by atoms with Crippen LogP contribution >= 0.6 is 0 Å². The van der Waals surface area contributed by atoms with Gasteiger partial charge in [-0.3, -0.25) is 0 Å². The number of aromatic hydroxyl groups is 4. The molecule has 310 valence electrons. The van der Waals surface area contributed by atoms with Gasteiger partial charge in [-0.05, 0) is 119 Å². The van der Waals surface area contributed by atoms with Gasteiger partial charge in [-0.25, -0.2) is 0 Å². The third kappa shape index (κ3) is 7.15. The van der Waals surface area contributed by atoms with Crippen LogP contribution in [0.25, 0.3) is 22.3 Å². The first-order chi connectivity index (χ1) is 29.2. The molecule has 4 aromatic carbocycles. The third-order valence-corrected chi connectivity index (χ3v) is 10.8. The number of fused-ring (bicyclic) bond motifs is 8. The fraction of sp³-hybridized carbons (Fsp3) is 0.0833. The normalized spacial score (nSPS) is 12.3. The molecule has 12 nitrogen and oxygen atoms in total. The molecule has 0 saturated heterocycles. The van der Waals surface area contributed by atoms with E-state index in [1.807, 2.05) is 72.8 Å². The maximum Gasteiger partial charge on any atom is 0.161 e. The summed E-state index contributed by atoms with van der Waals surface area (Å²) >= 11 is 0. The second-order valence-corrected chi connectivity index (χ2v) is 14.2. The monoisotopic (exact) mass is 858 g/mol. The predicted octanol–water partition coefficient (Wildman–Crippen LogP) is 5.16. The summed E-state index contributed by atoms with van der Waals surface area (Å²) in [5, 5.41) is 45.5. The number of hydrogen-bond donors (Lipinski definition) is 8. The summed E-state index contributed by atoms with van der Waals surface area (Å²) in [4.78, 5) is 14.8. The quantitative estimate of drug-likeness (QED) is 0.0967. The van der Waals surface area contributed by atoms with Gasteiger partial charge >= 0.3 is 0 Å². The van der Waals surface area contributed by atoms with E-state index in [2.05, 4.69) is 19.9 Å². The molecule has 0 aliphatic carbocycles. The van der Waals surface area contributed by atoms with Crippen LogP contribution in [0.1, 0.15) is 45.0 Å². The van der Waals surface area contributed by atoms with E-state index in [9.17, 15) is 20.4 Å². The van der Waals surface area contributed by atoms with Crippen LogP contribution in [0.15, 0.2) is 121 Å². The van der Waals surface area contributed by atoms with E-state index >= 15 is 0 Å². The number of nitrogens with one attached hydrogen (secondary N) is 4. The summed E-state index contributed by atoms with van der Waals surface area (Å²) in [5.74, 6) is 1.29. The van der Waals surface area contributed by atoms with Crippen LogP contribution in [-0.2, 0) is 16.5 Å². The minimum absolute atomic E-state index is 0. The Morgan fingerprint density at radius 2 is 0.541 bits per heavy atom. The van der Waals surface area contributed by atoms with Gasteiger partial charge < -0.3 is 59.3 Å². The van der Waals surface area contributed by atoms with Crippen LogP contribution in [-0.4, -0.2) is 68.8 Å². The molecule has 8 bridgehead atoms. The number of hydrogen-bond acceptors (Lipinski definition) is 8. The number of aromatic amines is 4. The molecule has 1 aliphatic heterocycles. The Morgan fingerprint density at radius 3 is 0.754 bits per heavy atom. The second kappa shape index (κ2) is 16.2. The summed E-state index contributed by atoms with van der Waals surface area (Å²) in [7, 11) is 6.05. The van der Waals surface area contributed by atoms with E-state index in [0.29, 0.717) is 23.0 Å². The smallest absolute Gasteiger partial charge is 0.161 e. The number of phenolic OH excluding ortho intramolecular Hbond substituents is 4. The number of rotatable bonds is 8. The zero-order valence-corrected chi connectivity index (χ0v) is 34.3. The van der Waals surface area contributed by atoms with E-state index in [4.69, 9.17) is 18.9 Å². The number of methoxy groups -OCH3 is 4. The predicted molar refractivity (Wildman–Crippen MR) is 227 cm³/mol. The molecule has 8 aromatic rings.